The standard InChI is InChI=1S/C18H22Cl2N2O3/c1-4-7-25-17-13(19)9-12(10-14(17)20)18(23)21-11-15(22(2)3)16-6-5-8-24-16/h5-6,8-10,15H,4,7,11H2,1-3H3,(H,21,23). The first-order chi connectivity index (χ1) is 11.9. The second-order valence-corrected chi connectivity index (χ2v) is 6.64. The maximum Gasteiger partial charge on any atom is 0.251 e. The van der Waals surface area contributed by atoms with Crippen LogP contribution in [0.25, 0.3) is 0 Å². The molecular formula is C18H22Cl2N2O3. The van der Waals surface area contributed by atoms with E-state index in [1.165, 1.54) is 0 Å². The van der Waals surface area contributed by atoms with Crippen LogP contribution in [0.3, 0.4) is 0 Å². The van der Waals surface area contributed by atoms with Crippen molar-refractivity contribution in [3.8, 4) is 5.75 Å². The number of furan rings is 1. The Labute approximate surface area is 157 Å². The molecule has 0 aliphatic rings. The van der Waals surface area contributed by atoms with Crippen molar-refractivity contribution in [3.63, 3.8) is 0 Å². The molecule has 25 heavy (non-hydrogen) atoms. The number of benzene rings is 1. The van der Waals surface area contributed by atoms with Crippen molar-refractivity contribution in [1.82, 2.24) is 10.2 Å². The third-order valence-electron chi connectivity index (χ3n) is 3.66. The van der Waals surface area contributed by atoms with Gasteiger partial charge in [-0.15, -0.1) is 0 Å². The third kappa shape index (κ3) is 5.14. The number of likely N-dealkylation sites (N-methyl/N-ethyl adjacent to an activating group) is 1. The number of ether oxygens (including phenoxy) is 1. The molecule has 2 rings (SSSR count). The van der Waals surface area contributed by atoms with Gasteiger partial charge >= 0.3 is 0 Å². The summed E-state index contributed by atoms with van der Waals surface area (Å²) in [4.78, 5) is 14.4. The lowest BCUT2D eigenvalue weighted by Gasteiger charge is -2.22. The number of halogens is 2. The van der Waals surface area contributed by atoms with E-state index in [9.17, 15) is 4.79 Å². The van der Waals surface area contributed by atoms with Crippen molar-refractivity contribution in [3.05, 3.63) is 51.9 Å². The molecule has 1 unspecified atom stereocenters. The molecule has 0 aliphatic carbocycles. The fourth-order valence-corrected chi connectivity index (χ4v) is 2.94. The van der Waals surface area contributed by atoms with Crippen molar-refractivity contribution in [1.29, 1.82) is 0 Å². The van der Waals surface area contributed by atoms with Crippen molar-refractivity contribution < 1.29 is 13.9 Å². The second kappa shape index (κ2) is 9.13. The summed E-state index contributed by atoms with van der Waals surface area (Å²) < 4.78 is 11.0. The Hall–Kier alpha value is -1.69. The van der Waals surface area contributed by atoms with Gasteiger partial charge in [-0.3, -0.25) is 9.69 Å². The monoisotopic (exact) mass is 384 g/mol. The lowest BCUT2D eigenvalue weighted by atomic mass is 10.1. The van der Waals surface area contributed by atoms with Gasteiger partial charge in [0.2, 0.25) is 0 Å². The lowest BCUT2D eigenvalue weighted by Crippen LogP contribution is -2.34. The summed E-state index contributed by atoms with van der Waals surface area (Å²) in [5.41, 5.74) is 0.385. The molecule has 5 nitrogen and oxygen atoms in total. The smallest absolute Gasteiger partial charge is 0.251 e. The zero-order chi connectivity index (χ0) is 18.4. The molecular weight excluding hydrogens is 363 g/mol. The first-order valence-corrected chi connectivity index (χ1v) is 8.79. The van der Waals surface area contributed by atoms with Crippen LogP contribution in [0.15, 0.2) is 34.9 Å². The summed E-state index contributed by atoms with van der Waals surface area (Å²) in [7, 11) is 3.85. The normalized spacial score (nSPS) is 12.2. The van der Waals surface area contributed by atoms with E-state index in [-0.39, 0.29) is 11.9 Å². The molecule has 7 heteroatoms. The van der Waals surface area contributed by atoms with E-state index in [2.05, 4.69) is 5.32 Å². The van der Waals surface area contributed by atoms with Crippen LogP contribution in [-0.2, 0) is 0 Å². The molecule has 136 valence electrons. The zero-order valence-electron chi connectivity index (χ0n) is 14.5. The van der Waals surface area contributed by atoms with Crippen LogP contribution in [-0.4, -0.2) is 38.1 Å². The molecule has 2 aromatic rings. The van der Waals surface area contributed by atoms with Gasteiger partial charge in [-0.2, -0.15) is 0 Å². The lowest BCUT2D eigenvalue weighted by molar-refractivity contribution is 0.0939. The second-order valence-electron chi connectivity index (χ2n) is 5.82. The highest BCUT2D eigenvalue weighted by atomic mass is 35.5. The highest BCUT2D eigenvalue weighted by molar-refractivity contribution is 6.37. The molecule has 1 N–H and O–H groups in total. The minimum Gasteiger partial charge on any atom is -0.490 e. The summed E-state index contributed by atoms with van der Waals surface area (Å²) in [5, 5.41) is 3.53. The van der Waals surface area contributed by atoms with Crippen LogP contribution in [0.2, 0.25) is 10.0 Å². The van der Waals surface area contributed by atoms with Crippen LogP contribution < -0.4 is 10.1 Å². The minimum absolute atomic E-state index is 0.0722. The average Bonchev–Trinajstić information content (AvgIpc) is 3.08. The van der Waals surface area contributed by atoms with Crippen LogP contribution in [0.5, 0.6) is 5.75 Å². The van der Waals surface area contributed by atoms with E-state index < -0.39 is 0 Å². The number of carbonyl (C=O) groups is 1. The molecule has 0 radical (unpaired) electrons. The maximum absolute atomic E-state index is 12.5. The van der Waals surface area contributed by atoms with Crippen molar-refractivity contribution >= 4 is 29.1 Å². The Morgan fingerprint density at radius 2 is 2.00 bits per heavy atom. The van der Waals surface area contributed by atoms with Crippen LogP contribution in [0.1, 0.15) is 35.5 Å². The highest BCUT2D eigenvalue weighted by Gasteiger charge is 2.19. The average molecular weight is 385 g/mol. The Balaban J connectivity index is 2.07. The number of amides is 1. The SMILES string of the molecule is CCCOc1c(Cl)cc(C(=O)NCC(c2ccco2)N(C)C)cc1Cl. The van der Waals surface area contributed by atoms with Crippen LogP contribution in [0.4, 0.5) is 0 Å². The third-order valence-corrected chi connectivity index (χ3v) is 4.22. The van der Waals surface area contributed by atoms with Crippen LogP contribution in [0, 0.1) is 0 Å². The summed E-state index contributed by atoms with van der Waals surface area (Å²) in [6, 6.07) is 6.75. The quantitative estimate of drug-likeness (QED) is 0.732. The summed E-state index contributed by atoms with van der Waals surface area (Å²) >= 11 is 12.4. The van der Waals surface area contributed by atoms with Gasteiger partial charge in [0.05, 0.1) is 29.0 Å². The van der Waals surface area contributed by atoms with Crippen molar-refractivity contribution in [2.24, 2.45) is 0 Å². The molecule has 1 aromatic carbocycles. The summed E-state index contributed by atoms with van der Waals surface area (Å²) in [5.74, 6) is 0.928. The molecule has 1 heterocycles. The molecule has 0 spiro atoms. The van der Waals surface area contributed by atoms with Gasteiger partial charge in [0.15, 0.2) is 5.75 Å². The van der Waals surface area contributed by atoms with E-state index in [4.69, 9.17) is 32.4 Å². The largest absolute Gasteiger partial charge is 0.490 e. The predicted molar refractivity (Wildman–Crippen MR) is 99.7 cm³/mol. The number of nitrogens with zero attached hydrogens (tertiary/aromatic N) is 1. The number of hydrogen-bond donors (Lipinski definition) is 1. The van der Waals surface area contributed by atoms with E-state index in [0.29, 0.717) is 34.5 Å². The minimum atomic E-state index is -0.260. The summed E-state index contributed by atoms with van der Waals surface area (Å²) in [6.07, 6.45) is 2.45. The van der Waals surface area contributed by atoms with Crippen molar-refractivity contribution in [2.45, 2.75) is 19.4 Å². The topological polar surface area (TPSA) is 54.7 Å². The number of hydrogen-bond acceptors (Lipinski definition) is 4. The molecule has 0 aliphatic heterocycles. The highest BCUT2D eigenvalue weighted by Crippen LogP contribution is 2.34. The van der Waals surface area contributed by atoms with Crippen molar-refractivity contribution in [2.75, 3.05) is 27.2 Å². The maximum atomic E-state index is 12.5. The first kappa shape index (κ1) is 19.6. The molecule has 0 saturated carbocycles. The Kier molecular flexibility index (Phi) is 7.17. The molecule has 0 bridgehead atoms. The van der Waals surface area contributed by atoms with E-state index in [1.54, 1.807) is 18.4 Å². The fourth-order valence-electron chi connectivity index (χ4n) is 2.34. The van der Waals surface area contributed by atoms with Gasteiger partial charge in [-0.05, 0) is 44.8 Å². The predicted octanol–water partition coefficient (Wildman–Crippen LogP) is 4.41. The molecule has 0 saturated heterocycles. The number of nitrogens with one attached hydrogen (secondary N) is 1. The van der Waals surface area contributed by atoms with Gasteiger partial charge in [0, 0.05) is 12.1 Å². The van der Waals surface area contributed by atoms with E-state index in [0.717, 1.165) is 12.2 Å². The van der Waals surface area contributed by atoms with Gasteiger partial charge < -0.3 is 14.5 Å². The molecule has 0 fully saturated rings. The van der Waals surface area contributed by atoms with Gasteiger partial charge in [0.25, 0.3) is 5.91 Å². The van der Waals surface area contributed by atoms with E-state index in [1.807, 2.05) is 38.1 Å². The van der Waals surface area contributed by atoms with Gasteiger partial charge in [0.1, 0.15) is 5.76 Å². The number of rotatable bonds is 8. The molecule has 1 atom stereocenters. The molecule has 1 amide bonds. The van der Waals surface area contributed by atoms with E-state index >= 15 is 0 Å². The Morgan fingerprint density at radius 3 is 2.52 bits per heavy atom. The Bertz CT molecular complexity index is 679. The summed E-state index contributed by atoms with van der Waals surface area (Å²) in [6.45, 7) is 2.89. The van der Waals surface area contributed by atoms with Crippen LogP contribution >= 0.6 is 23.2 Å². The van der Waals surface area contributed by atoms with Gasteiger partial charge in [-0.25, -0.2) is 0 Å². The fraction of sp³-hybridized carbons (Fsp3) is 0.389. The Morgan fingerprint density at radius 1 is 1.32 bits per heavy atom. The molecule has 1 aromatic heterocycles. The zero-order valence-corrected chi connectivity index (χ0v) is 16.0. The number of carbonyl (C=O) groups excluding carboxylic acids is 1. The van der Waals surface area contributed by atoms with Gasteiger partial charge in [-0.1, -0.05) is 30.1 Å². The first-order valence-electron chi connectivity index (χ1n) is 8.03.